The Morgan fingerprint density at radius 1 is 1.07 bits per heavy atom. The van der Waals surface area contributed by atoms with Crippen LogP contribution < -0.4 is 14.2 Å². The molecule has 1 aliphatic rings. The number of allylic oxidation sites excluding steroid dienone is 1. The van der Waals surface area contributed by atoms with E-state index in [0.29, 0.717) is 40.3 Å². The maximum Gasteiger partial charge on any atom is 0.204 e. The maximum atomic E-state index is 10.1. The van der Waals surface area contributed by atoms with Crippen molar-refractivity contribution in [2.45, 2.75) is 12.8 Å². The molecule has 0 radical (unpaired) electrons. The van der Waals surface area contributed by atoms with Crippen LogP contribution in [0, 0.1) is 0 Å². The van der Waals surface area contributed by atoms with Crippen LogP contribution in [0.1, 0.15) is 23.1 Å². The van der Waals surface area contributed by atoms with Crippen molar-refractivity contribution >= 4 is 27.7 Å². The van der Waals surface area contributed by atoms with Gasteiger partial charge in [0.05, 0.1) is 25.8 Å². The van der Waals surface area contributed by atoms with Gasteiger partial charge < -0.3 is 24.5 Å². The Morgan fingerprint density at radius 2 is 1.81 bits per heavy atom. The summed E-state index contributed by atoms with van der Waals surface area (Å²) in [4.78, 5) is 0. The summed E-state index contributed by atoms with van der Waals surface area (Å²) in [5, 5.41) is 23.2. The van der Waals surface area contributed by atoms with Crippen molar-refractivity contribution in [2.75, 3.05) is 21.3 Å². The van der Waals surface area contributed by atoms with E-state index in [1.54, 1.807) is 33.5 Å². The van der Waals surface area contributed by atoms with Gasteiger partial charge in [-0.15, -0.1) is 0 Å². The van der Waals surface area contributed by atoms with E-state index < -0.39 is 0 Å². The van der Waals surface area contributed by atoms with E-state index in [-0.39, 0.29) is 5.75 Å². The summed E-state index contributed by atoms with van der Waals surface area (Å²) >= 11 is 3.56. The molecule has 0 saturated carbocycles. The molecule has 0 fully saturated rings. The van der Waals surface area contributed by atoms with E-state index >= 15 is 0 Å². The first kappa shape index (κ1) is 19.1. The molecule has 7 heteroatoms. The summed E-state index contributed by atoms with van der Waals surface area (Å²) in [5.74, 6) is 1.74. The lowest BCUT2D eigenvalue weighted by atomic mass is 9.85. The number of nitrogens with zero attached hydrogens (tertiary/aromatic N) is 1. The van der Waals surface area contributed by atoms with Gasteiger partial charge in [-0.3, -0.25) is 0 Å². The number of ether oxygens (including phenoxy) is 3. The largest absolute Gasteiger partial charge is 0.508 e. The van der Waals surface area contributed by atoms with E-state index in [1.165, 1.54) is 0 Å². The Labute approximate surface area is 165 Å². The summed E-state index contributed by atoms with van der Waals surface area (Å²) in [6, 6.07) is 7.03. The number of benzene rings is 2. The van der Waals surface area contributed by atoms with Crippen LogP contribution in [0.2, 0.25) is 0 Å². The molecule has 0 aliphatic heterocycles. The number of oxime groups is 1. The molecular weight excluding hydrogens is 414 g/mol. The molecule has 2 aromatic carbocycles. The zero-order chi connectivity index (χ0) is 19.6. The van der Waals surface area contributed by atoms with Crippen LogP contribution in [0.4, 0.5) is 0 Å². The second-order valence-corrected chi connectivity index (χ2v) is 6.76. The average Bonchev–Trinajstić information content (AvgIpc) is 2.68. The molecule has 2 aromatic rings. The van der Waals surface area contributed by atoms with Gasteiger partial charge in [-0.05, 0) is 58.1 Å². The highest BCUT2D eigenvalue weighted by Gasteiger charge is 2.24. The number of aromatic hydroxyl groups is 1. The predicted molar refractivity (Wildman–Crippen MR) is 107 cm³/mol. The lowest BCUT2D eigenvalue weighted by molar-refractivity contribution is 0.319. The zero-order valence-electron chi connectivity index (χ0n) is 15.2. The Balaban J connectivity index is 2.15. The third-order valence-electron chi connectivity index (χ3n) is 4.58. The lowest BCUT2D eigenvalue weighted by Gasteiger charge is -2.21. The van der Waals surface area contributed by atoms with Gasteiger partial charge in [0.15, 0.2) is 11.5 Å². The van der Waals surface area contributed by atoms with Crippen molar-refractivity contribution in [3.8, 4) is 23.0 Å². The molecule has 6 nitrogen and oxygen atoms in total. The molecule has 0 heterocycles. The Kier molecular flexibility index (Phi) is 5.60. The van der Waals surface area contributed by atoms with Crippen LogP contribution in [-0.2, 0) is 6.42 Å². The SMILES string of the molecule is COc1cc(/C=C2\CCc3c(O)cccc3\C2=N\O)c(Br)c(OC)c1OC. The number of methoxy groups -OCH3 is 3. The maximum absolute atomic E-state index is 10.1. The van der Waals surface area contributed by atoms with E-state index in [4.69, 9.17) is 14.2 Å². The summed E-state index contributed by atoms with van der Waals surface area (Å²) < 4.78 is 17.0. The summed E-state index contributed by atoms with van der Waals surface area (Å²) in [7, 11) is 4.66. The van der Waals surface area contributed by atoms with E-state index in [2.05, 4.69) is 21.1 Å². The number of rotatable bonds is 4. The highest BCUT2D eigenvalue weighted by Crippen LogP contribution is 2.45. The van der Waals surface area contributed by atoms with E-state index in [0.717, 1.165) is 22.3 Å². The molecule has 0 spiro atoms. The molecule has 27 heavy (non-hydrogen) atoms. The molecule has 3 rings (SSSR count). The first-order chi connectivity index (χ1) is 13.0. The molecule has 2 N–H and O–H groups in total. The highest BCUT2D eigenvalue weighted by atomic mass is 79.9. The number of hydrogen-bond donors (Lipinski definition) is 2. The number of phenolic OH excluding ortho intramolecular Hbond substituents is 1. The first-order valence-electron chi connectivity index (χ1n) is 8.28. The van der Waals surface area contributed by atoms with E-state index in [1.807, 2.05) is 18.2 Å². The molecule has 0 aromatic heterocycles. The molecule has 142 valence electrons. The molecule has 0 unspecified atom stereocenters. The fourth-order valence-corrected chi connectivity index (χ4v) is 3.87. The molecule has 0 amide bonds. The normalized spacial score (nSPS) is 16.3. The van der Waals surface area contributed by atoms with Crippen LogP contribution >= 0.6 is 15.9 Å². The van der Waals surface area contributed by atoms with Crippen molar-refractivity contribution in [1.29, 1.82) is 0 Å². The Hall–Kier alpha value is -2.67. The average molecular weight is 434 g/mol. The first-order valence-corrected chi connectivity index (χ1v) is 9.07. The number of halogens is 1. The Morgan fingerprint density at radius 3 is 2.44 bits per heavy atom. The van der Waals surface area contributed by atoms with Crippen LogP contribution in [-0.4, -0.2) is 37.4 Å². The predicted octanol–water partition coefficient (Wildman–Crippen LogP) is 4.39. The van der Waals surface area contributed by atoms with Gasteiger partial charge in [0.1, 0.15) is 11.5 Å². The van der Waals surface area contributed by atoms with Gasteiger partial charge >= 0.3 is 0 Å². The van der Waals surface area contributed by atoms with Gasteiger partial charge in [0, 0.05) is 11.1 Å². The quantitative estimate of drug-likeness (QED) is 0.551. The fraction of sp³-hybridized carbons (Fsp3) is 0.250. The number of phenols is 1. The summed E-state index contributed by atoms with van der Waals surface area (Å²) in [6.07, 6.45) is 3.18. The van der Waals surface area contributed by atoms with Crippen LogP contribution in [0.25, 0.3) is 6.08 Å². The number of hydrogen-bond acceptors (Lipinski definition) is 6. The van der Waals surface area contributed by atoms with Crippen molar-refractivity contribution in [3.05, 3.63) is 51.0 Å². The van der Waals surface area contributed by atoms with Crippen molar-refractivity contribution in [3.63, 3.8) is 0 Å². The van der Waals surface area contributed by atoms with Gasteiger partial charge in [-0.25, -0.2) is 0 Å². The topological polar surface area (TPSA) is 80.5 Å². The summed E-state index contributed by atoms with van der Waals surface area (Å²) in [6.45, 7) is 0. The van der Waals surface area contributed by atoms with Crippen LogP contribution in [0.15, 0.2) is 39.5 Å². The molecule has 0 saturated heterocycles. The minimum Gasteiger partial charge on any atom is -0.508 e. The molecule has 1 aliphatic carbocycles. The summed E-state index contributed by atoms with van der Waals surface area (Å²) in [5.41, 5.74) is 3.58. The zero-order valence-corrected chi connectivity index (χ0v) is 16.8. The molecule has 0 atom stereocenters. The minimum absolute atomic E-state index is 0.210. The second kappa shape index (κ2) is 7.92. The smallest absolute Gasteiger partial charge is 0.204 e. The van der Waals surface area contributed by atoms with Crippen molar-refractivity contribution in [1.82, 2.24) is 0 Å². The lowest BCUT2D eigenvalue weighted by Crippen LogP contribution is -2.15. The minimum atomic E-state index is 0.210. The molecule has 0 bridgehead atoms. The van der Waals surface area contributed by atoms with Gasteiger partial charge in [-0.2, -0.15) is 0 Å². The monoisotopic (exact) mass is 433 g/mol. The third kappa shape index (κ3) is 3.35. The van der Waals surface area contributed by atoms with Gasteiger partial charge in [0.25, 0.3) is 0 Å². The van der Waals surface area contributed by atoms with Crippen LogP contribution in [0.5, 0.6) is 23.0 Å². The van der Waals surface area contributed by atoms with Crippen molar-refractivity contribution in [2.24, 2.45) is 5.16 Å². The molecular formula is C20H20BrNO5. The Bertz CT molecular complexity index is 936. The van der Waals surface area contributed by atoms with E-state index in [9.17, 15) is 10.3 Å². The highest BCUT2D eigenvalue weighted by molar-refractivity contribution is 9.10. The van der Waals surface area contributed by atoms with Gasteiger partial charge in [-0.1, -0.05) is 17.3 Å². The van der Waals surface area contributed by atoms with Gasteiger partial charge in [0.2, 0.25) is 5.75 Å². The fourth-order valence-electron chi connectivity index (χ4n) is 3.30. The number of fused-ring (bicyclic) bond motifs is 1. The standard InChI is InChI=1S/C20H20BrNO5/c1-25-16-10-12(17(21)20(27-3)19(16)26-2)9-11-7-8-13-14(18(11)22-24)5-4-6-15(13)23/h4-6,9-10,23-24H,7-8H2,1-3H3/b11-9+,22-18+. The third-order valence-corrected chi connectivity index (χ3v) is 5.40. The van der Waals surface area contributed by atoms with Crippen molar-refractivity contribution < 1.29 is 24.5 Å². The van der Waals surface area contributed by atoms with Crippen LogP contribution in [0.3, 0.4) is 0 Å². The second-order valence-electron chi connectivity index (χ2n) is 5.97.